The molecule has 112 valence electrons. The molecule has 0 aromatic heterocycles. The number of carbonyl (C=O) groups is 1. The van der Waals surface area contributed by atoms with Gasteiger partial charge >= 0.3 is 0 Å². The van der Waals surface area contributed by atoms with Crippen molar-refractivity contribution < 1.29 is 4.79 Å². The zero-order chi connectivity index (χ0) is 15.0. The van der Waals surface area contributed by atoms with E-state index in [0.29, 0.717) is 6.42 Å². The van der Waals surface area contributed by atoms with Crippen LogP contribution in [0.2, 0.25) is 0 Å². The summed E-state index contributed by atoms with van der Waals surface area (Å²) in [5, 5.41) is -0.253. The first-order chi connectivity index (χ1) is 9.54. The lowest BCUT2D eigenvalue weighted by Gasteiger charge is -2.24. The molecular weight excluding hydrogens is 268 g/mol. The van der Waals surface area contributed by atoms with Gasteiger partial charge in [0.05, 0.1) is 5.25 Å². The van der Waals surface area contributed by atoms with Gasteiger partial charge in [-0.1, -0.05) is 30.3 Å². The molecule has 0 saturated heterocycles. The maximum absolute atomic E-state index is 12.4. The number of carbonyl (C=O) groups excluding carboxylic acids is 1. The van der Waals surface area contributed by atoms with Crippen LogP contribution in [-0.2, 0) is 11.2 Å². The highest BCUT2D eigenvalue weighted by molar-refractivity contribution is 7.81. The lowest BCUT2D eigenvalue weighted by molar-refractivity contribution is -0.130. The molecule has 1 aromatic rings. The Labute approximate surface area is 128 Å². The summed E-state index contributed by atoms with van der Waals surface area (Å²) >= 11 is 4.49. The van der Waals surface area contributed by atoms with Crippen molar-refractivity contribution in [1.29, 1.82) is 0 Å². The second-order valence-electron chi connectivity index (χ2n) is 5.28. The molecule has 0 bridgehead atoms. The third-order valence-electron chi connectivity index (χ3n) is 3.28. The van der Waals surface area contributed by atoms with Crippen LogP contribution in [-0.4, -0.2) is 54.7 Å². The van der Waals surface area contributed by atoms with Crippen LogP contribution in [0.5, 0.6) is 0 Å². The Hall–Kier alpha value is -1.00. The van der Waals surface area contributed by atoms with Crippen LogP contribution < -0.4 is 0 Å². The Bertz CT molecular complexity index is 395. The van der Waals surface area contributed by atoms with Crippen molar-refractivity contribution in [2.24, 2.45) is 0 Å². The van der Waals surface area contributed by atoms with Gasteiger partial charge in [-0.25, -0.2) is 0 Å². The van der Waals surface area contributed by atoms with E-state index in [9.17, 15) is 4.79 Å². The summed E-state index contributed by atoms with van der Waals surface area (Å²) in [7, 11) is 4.10. The van der Waals surface area contributed by atoms with Gasteiger partial charge < -0.3 is 9.80 Å². The SMILES string of the molecule is CCN(CCCN(C)C)C(=O)C(S)Cc1ccccc1. The fourth-order valence-corrected chi connectivity index (χ4v) is 2.51. The first-order valence-electron chi connectivity index (χ1n) is 7.20. The molecular formula is C16H26N2OS. The van der Waals surface area contributed by atoms with Gasteiger partial charge in [0, 0.05) is 13.1 Å². The van der Waals surface area contributed by atoms with Gasteiger partial charge in [0.1, 0.15) is 0 Å². The lowest BCUT2D eigenvalue weighted by Crippen LogP contribution is -2.39. The van der Waals surface area contributed by atoms with Crippen molar-refractivity contribution in [3.05, 3.63) is 35.9 Å². The molecule has 0 N–H and O–H groups in total. The van der Waals surface area contributed by atoms with E-state index in [1.54, 1.807) is 0 Å². The van der Waals surface area contributed by atoms with Gasteiger partial charge in [0.2, 0.25) is 5.91 Å². The molecule has 0 aliphatic heterocycles. The van der Waals surface area contributed by atoms with Crippen LogP contribution >= 0.6 is 12.6 Å². The van der Waals surface area contributed by atoms with Crippen molar-refractivity contribution in [3.63, 3.8) is 0 Å². The van der Waals surface area contributed by atoms with Crippen molar-refractivity contribution in [3.8, 4) is 0 Å². The molecule has 0 saturated carbocycles. The zero-order valence-corrected chi connectivity index (χ0v) is 13.6. The van der Waals surface area contributed by atoms with E-state index in [2.05, 4.69) is 31.6 Å². The van der Waals surface area contributed by atoms with Crippen LogP contribution in [0.1, 0.15) is 18.9 Å². The van der Waals surface area contributed by atoms with E-state index in [1.165, 1.54) is 0 Å². The molecule has 4 heteroatoms. The first kappa shape index (κ1) is 17.1. The summed E-state index contributed by atoms with van der Waals surface area (Å²) < 4.78 is 0. The number of thiol groups is 1. The summed E-state index contributed by atoms with van der Waals surface area (Å²) in [4.78, 5) is 16.4. The zero-order valence-electron chi connectivity index (χ0n) is 12.7. The highest BCUT2D eigenvalue weighted by atomic mass is 32.1. The second-order valence-corrected chi connectivity index (χ2v) is 5.90. The van der Waals surface area contributed by atoms with Crippen LogP contribution in [0.4, 0.5) is 0 Å². The van der Waals surface area contributed by atoms with Gasteiger partial charge in [-0.2, -0.15) is 12.6 Å². The van der Waals surface area contributed by atoms with Crippen LogP contribution in [0.3, 0.4) is 0 Å². The third kappa shape index (κ3) is 5.97. The molecule has 1 rings (SSSR count). The number of amides is 1. The summed E-state index contributed by atoms with van der Waals surface area (Å²) in [5.74, 6) is 0.137. The van der Waals surface area contributed by atoms with E-state index >= 15 is 0 Å². The maximum Gasteiger partial charge on any atom is 0.235 e. The van der Waals surface area contributed by atoms with Crippen LogP contribution in [0.15, 0.2) is 30.3 Å². The highest BCUT2D eigenvalue weighted by Crippen LogP contribution is 2.11. The number of hydrogen-bond acceptors (Lipinski definition) is 3. The Balaban J connectivity index is 2.48. The van der Waals surface area contributed by atoms with E-state index in [-0.39, 0.29) is 11.2 Å². The normalized spacial score (nSPS) is 12.4. The molecule has 3 nitrogen and oxygen atoms in total. The Morgan fingerprint density at radius 1 is 1.20 bits per heavy atom. The molecule has 0 radical (unpaired) electrons. The Kier molecular flexibility index (Phi) is 7.70. The molecule has 20 heavy (non-hydrogen) atoms. The summed E-state index contributed by atoms with van der Waals surface area (Å²) in [6.07, 6.45) is 1.69. The molecule has 0 fully saturated rings. The minimum absolute atomic E-state index is 0.137. The number of benzene rings is 1. The van der Waals surface area contributed by atoms with Gasteiger partial charge in [-0.3, -0.25) is 4.79 Å². The third-order valence-corrected chi connectivity index (χ3v) is 3.69. The van der Waals surface area contributed by atoms with Gasteiger partial charge in [0.15, 0.2) is 0 Å². The molecule has 1 atom stereocenters. The van der Waals surface area contributed by atoms with Gasteiger partial charge in [-0.05, 0) is 46.0 Å². The van der Waals surface area contributed by atoms with Gasteiger partial charge in [-0.15, -0.1) is 0 Å². The predicted octanol–water partition coefficient (Wildman–Crippen LogP) is 2.33. The number of nitrogens with zero attached hydrogens (tertiary/aromatic N) is 2. The minimum Gasteiger partial charge on any atom is -0.342 e. The molecule has 1 amide bonds. The van der Waals surface area contributed by atoms with E-state index in [4.69, 9.17) is 0 Å². The average Bonchev–Trinajstić information content (AvgIpc) is 2.43. The number of hydrogen-bond donors (Lipinski definition) is 1. The highest BCUT2D eigenvalue weighted by Gasteiger charge is 2.20. The summed E-state index contributed by atoms with van der Waals surface area (Å²) in [5.41, 5.74) is 1.16. The summed E-state index contributed by atoms with van der Waals surface area (Å²) in [6.45, 7) is 4.58. The maximum atomic E-state index is 12.4. The monoisotopic (exact) mass is 294 g/mol. The quantitative estimate of drug-likeness (QED) is 0.744. The standard InChI is InChI=1S/C16H26N2OS/c1-4-18(12-8-11-17(2)3)16(19)15(20)13-14-9-6-5-7-10-14/h5-7,9-10,15,20H,4,8,11-13H2,1-3H3. The lowest BCUT2D eigenvalue weighted by atomic mass is 10.1. The largest absolute Gasteiger partial charge is 0.342 e. The molecule has 1 aromatic carbocycles. The van der Waals surface area contributed by atoms with Crippen LogP contribution in [0, 0.1) is 0 Å². The molecule has 0 heterocycles. The van der Waals surface area contributed by atoms with Crippen molar-refractivity contribution in [2.75, 3.05) is 33.7 Å². The Morgan fingerprint density at radius 3 is 2.40 bits per heavy atom. The molecule has 0 aliphatic carbocycles. The first-order valence-corrected chi connectivity index (χ1v) is 7.71. The van der Waals surface area contributed by atoms with Crippen molar-refractivity contribution in [1.82, 2.24) is 9.80 Å². The van der Waals surface area contributed by atoms with E-state index < -0.39 is 0 Å². The smallest absolute Gasteiger partial charge is 0.235 e. The molecule has 0 spiro atoms. The predicted molar refractivity (Wildman–Crippen MR) is 88.3 cm³/mol. The van der Waals surface area contributed by atoms with E-state index in [0.717, 1.165) is 31.6 Å². The Morgan fingerprint density at radius 2 is 1.85 bits per heavy atom. The topological polar surface area (TPSA) is 23.6 Å². The van der Waals surface area contributed by atoms with Crippen molar-refractivity contribution >= 4 is 18.5 Å². The minimum atomic E-state index is -0.253. The average molecular weight is 294 g/mol. The van der Waals surface area contributed by atoms with Crippen molar-refractivity contribution in [2.45, 2.75) is 25.0 Å². The fraction of sp³-hybridized carbons (Fsp3) is 0.562. The number of rotatable bonds is 8. The summed E-state index contributed by atoms with van der Waals surface area (Å²) in [6, 6.07) is 10.1. The van der Waals surface area contributed by atoms with E-state index in [1.807, 2.05) is 42.2 Å². The fourth-order valence-electron chi connectivity index (χ4n) is 2.14. The van der Waals surface area contributed by atoms with Gasteiger partial charge in [0.25, 0.3) is 0 Å². The molecule has 1 unspecified atom stereocenters. The molecule has 0 aliphatic rings. The van der Waals surface area contributed by atoms with Crippen LogP contribution in [0.25, 0.3) is 0 Å². The second kappa shape index (κ2) is 9.03.